The predicted molar refractivity (Wildman–Crippen MR) is 101 cm³/mol. The summed E-state index contributed by atoms with van der Waals surface area (Å²) in [6.45, 7) is 0. The number of nitrogens with one attached hydrogen (secondary N) is 3. The Morgan fingerprint density at radius 1 is 1.12 bits per heavy atom. The van der Waals surface area contributed by atoms with Gasteiger partial charge >= 0.3 is 0 Å². The van der Waals surface area contributed by atoms with Crippen molar-refractivity contribution >= 4 is 34.2 Å². The van der Waals surface area contributed by atoms with Crippen molar-refractivity contribution < 1.29 is 4.79 Å². The molecule has 2 unspecified atom stereocenters. The number of carbonyl (C=O) groups is 1. The minimum atomic E-state index is -0.308. The molecule has 126 valence electrons. The van der Waals surface area contributed by atoms with Gasteiger partial charge in [-0.2, -0.15) is 5.10 Å². The smallest absolute Gasteiger partial charge is 0.258 e. The number of thiophene rings is 1. The van der Waals surface area contributed by atoms with E-state index in [1.165, 1.54) is 16.3 Å². The molecule has 4 rings (SSSR count). The summed E-state index contributed by atoms with van der Waals surface area (Å²) < 4.78 is 0. The summed E-state index contributed by atoms with van der Waals surface area (Å²) in [4.78, 5) is 13.2. The van der Waals surface area contributed by atoms with Crippen molar-refractivity contribution in [2.45, 2.75) is 18.5 Å². The monoisotopic (exact) mass is 350 g/mol. The summed E-state index contributed by atoms with van der Waals surface area (Å²) >= 11 is 1.58. The lowest BCUT2D eigenvalue weighted by Crippen LogP contribution is -2.41. The van der Waals surface area contributed by atoms with Crippen LogP contribution in [-0.2, 0) is 4.79 Å². The first-order chi connectivity index (χ1) is 12.3. The molecule has 2 aromatic carbocycles. The van der Waals surface area contributed by atoms with E-state index in [4.69, 9.17) is 0 Å². The van der Waals surface area contributed by atoms with Crippen LogP contribution in [0.15, 0.2) is 65.1 Å². The van der Waals surface area contributed by atoms with Gasteiger partial charge in [0.25, 0.3) is 5.91 Å². The Morgan fingerprint density at radius 3 is 2.84 bits per heavy atom. The largest absolute Gasteiger partial charge is 0.271 e. The van der Waals surface area contributed by atoms with Crippen molar-refractivity contribution in [2.24, 2.45) is 5.10 Å². The molecule has 3 aromatic rings. The van der Waals surface area contributed by atoms with Crippen LogP contribution in [0.25, 0.3) is 10.8 Å². The normalized spacial score (nSPS) is 20.3. The van der Waals surface area contributed by atoms with E-state index >= 15 is 0 Å². The van der Waals surface area contributed by atoms with Gasteiger partial charge in [0.1, 0.15) is 6.04 Å². The van der Waals surface area contributed by atoms with Gasteiger partial charge in [0.05, 0.1) is 6.21 Å². The van der Waals surface area contributed by atoms with Crippen LogP contribution in [0.1, 0.15) is 22.9 Å². The van der Waals surface area contributed by atoms with E-state index in [1.54, 1.807) is 17.6 Å². The third-order valence-corrected chi connectivity index (χ3v) is 5.11. The van der Waals surface area contributed by atoms with Gasteiger partial charge in [-0.15, -0.1) is 11.3 Å². The van der Waals surface area contributed by atoms with E-state index in [1.807, 2.05) is 29.6 Å². The fourth-order valence-corrected chi connectivity index (χ4v) is 3.56. The molecule has 1 fully saturated rings. The third-order valence-electron chi connectivity index (χ3n) is 4.31. The molecule has 2 heterocycles. The number of hydrogen-bond donors (Lipinski definition) is 3. The van der Waals surface area contributed by atoms with E-state index in [9.17, 15) is 4.79 Å². The maximum absolute atomic E-state index is 12.2. The topological polar surface area (TPSA) is 65.5 Å². The summed E-state index contributed by atoms with van der Waals surface area (Å²) in [5, 5.41) is 8.41. The highest BCUT2D eigenvalue weighted by Gasteiger charge is 2.30. The van der Waals surface area contributed by atoms with E-state index in [0.717, 1.165) is 4.88 Å². The molecule has 0 saturated carbocycles. The van der Waals surface area contributed by atoms with Crippen LogP contribution in [0.3, 0.4) is 0 Å². The van der Waals surface area contributed by atoms with Gasteiger partial charge in [0.2, 0.25) is 0 Å². The Bertz CT molecular complexity index is 907. The molecule has 5 nitrogen and oxygen atoms in total. The standard InChI is InChI=1S/C19H18N4OS/c24-19(23-20-12-16-6-3-9-25-16)18-11-17(21-22-18)15-8-7-13-4-1-2-5-14(13)10-15/h1-10,12,17-18,21-22H,11H2,(H,23,24)/b20-12+. The molecule has 0 spiro atoms. The molecule has 1 saturated heterocycles. The molecule has 25 heavy (non-hydrogen) atoms. The lowest BCUT2D eigenvalue weighted by Gasteiger charge is -2.10. The zero-order valence-electron chi connectivity index (χ0n) is 13.5. The molecule has 3 N–H and O–H groups in total. The second kappa shape index (κ2) is 7.14. The van der Waals surface area contributed by atoms with Crippen molar-refractivity contribution in [1.82, 2.24) is 16.3 Å². The number of fused-ring (bicyclic) bond motifs is 1. The molecule has 6 heteroatoms. The Kier molecular flexibility index (Phi) is 4.56. The van der Waals surface area contributed by atoms with Crippen molar-refractivity contribution in [3.8, 4) is 0 Å². The second-order valence-corrected chi connectivity index (χ2v) is 6.97. The van der Waals surface area contributed by atoms with Gasteiger partial charge < -0.3 is 0 Å². The van der Waals surface area contributed by atoms with Crippen LogP contribution in [0.5, 0.6) is 0 Å². The molecular weight excluding hydrogens is 332 g/mol. The minimum absolute atomic E-state index is 0.0987. The van der Waals surface area contributed by atoms with Gasteiger partial charge in [0, 0.05) is 10.9 Å². The number of nitrogens with zero attached hydrogens (tertiary/aromatic N) is 1. The first-order valence-electron chi connectivity index (χ1n) is 8.16. The predicted octanol–water partition coefficient (Wildman–Crippen LogP) is 2.96. The van der Waals surface area contributed by atoms with Crippen LogP contribution in [0, 0.1) is 0 Å². The van der Waals surface area contributed by atoms with Gasteiger partial charge in [-0.25, -0.2) is 16.3 Å². The second-order valence-electron chi connectivity index (χ2n) is 5.99. The van der Waals surface area contributed by atoms with Gasteiger partial charge in [-0.3, -0.25) is 4.79 Å². The van der Waals surface area contributed by atoms with Crippen LogP contribution >= 0.6 is 11.3 Å². The van der Waals surface area contributed by atoms with E-state index in [0.29, 0.717) is 6.42 Å². The summed E-state index contributed by atoms with van der Waals surface area (Å²) in [6.07, 6.45) is 2.34. The zero-order valence-corrected chi connectivity index (χ0v) is 14.3. The molecule has 0 aliphatic carbocycles. The number of carbonyl (C=O) groups excluding carboxylic acids is 1. The summed E-state index contributed by atoms with van der Waals surface area (Å²) in [6, 6.07) is 18.4. The molecule has 1 aliphatic rings. The number of rotatable bonds is 4. The molecule has 1 amide bonds. The highest BCUT2D eigenvalue weighted by Crippen LogP contribution is 2.25. The lowest BCUT2D eigenvalue weighted by molar-refractivity contribution is -0.122. The van der Waals surface area contributed by atoms with Crippen LogP contribution in [0.2, 0.25) is 0 Å². The van der Waals surface area contributed by atoms with Gasteiger partial charge in [-0.05, 0) is 40.3 Å². The first-order valence-corrected chi connectivity index (χ1v) is 9.04. The van der Waals surface area contributed by atoms with Crippen LogP contribution in [-0.4, -0.2) is 18.2 Å². The van der Waals surface area contributed by atoms with Crippen molar-refractivity contribution in [3.63, 3.8) is 0 Å². The average molecular weight is 350 g/mol. The maximum atomic E-state index is 12.2. The van der Waals surface area contributed by atoms with E-state index in [2.05, 4.69) is 51.7 Å². The van der Waals surface area contributed by atoms with E-state index < -0.39 is 0 Å². The highest BCUT2D eigenvalue weighted by molar-refractivity contribution is 7.11. The average Bonchev–Trinajstić information content (AvgIpc) is 3.33. The van der Waals surface area contributed by atoms with Crippen LogP contribution < -0.4 is 16.3 Å². The SMILES string of the molecule is O=C(N/N=C/c1cccs1)C1CC(c2ccc3ccccc3c2)NN1. The number of hydrazine groups is 1. The van der Waals surface area contributed by atoms with Gasteiger partial charge in [-0.1, -0.05) is 42.5 Å². The van der Waals surface area contributed by atoms with Gasteiger partial charge in [0.15, 0.2) is 0 Å². The Morgan fingerprint density at radius 2 is 2.00 bits per heavy atom. The number of amides is 1. The molecular formula is C19H18N4OS. The Balaban J connectivity index is 1.39. The third kappa shape index (κ3) is 3.61. The number of hydrazone groups is 1. The fourth-order valence-electron chi connectivity index (χ4n) is 2.97. The summed E-state index contributed by atoms with van der Waals surface area (Å²) in [7, 11) is 0. The summed E-state index contributed by atoms with van der Waals surface area (Å²) in [5.74, 6) is -0.136. The van der Waals surface area contributed by atoms with E-state index in [-0.39, 0.29) is 18.0 Å². The lowest BCUT2D eigenvalue weighted by atomic mass is 9.99. The summed E-state index contributed by atoms with van der Waals surface area (Å²) in [5.41, 5.74) is 10.0. The van der Waals surface area contributed by atoms with Crippen molar-refractivity contribution in [3.05, 3.63) is 70.4 Å². The maximum Gasteiger partial charge on any atom is 0.258 e. The van der Waals surface area contributed by atoms with Crippen molar-refractivity contribution in [2.75, 3.05) is 0 Å². The fraction of sp³-hybridized carbons (Fsp3) is 0.158. The quantitative estimate of drug-likeness (QED) is 0.501. The molecule has 2 atom stereocenters. The molecule has 1 aromatic heterocycles. The molecule has 0 bridgehead atoms. The number of hydrogen-bond acceptors (Lipinski definition) is 5. The number of benzene rings is 2. The van der Waals surface area contributed by atoms with Crippen molar-refractivity contribution in [1.29, 1.82) is 0 Å². The highest BCUT2D eigenvalue weighted by atomic mass is 32.1. The zero-order chi connectivity index (χ0) is 17.1. The first kappa shape index (κ1) is 16.0. The van der Waals surface area contributed by atoms with Crippen LogP contribution in [0.4, 0.5) is 0 Å². The molecule has 1 aliphatic heterocycles. The molecule has 0 radical (unpaired) electrons. The minimum Gasteiger partial charge on any atom is -0.271 e. The Labute approximate surface area is 149 Å². The Hall–Kier alpha value is -2.54.